The van der Waals surface area contributed by atoms with Crippen molar-refractivity contribution in [1.82, 2.24) is 5.32 Å². The minimum Gasteiger partial charge on any atom is -0.495 e. The van der Waals surface area contributed by atoms with E-state index in [0.29, 0.717) is 10.9 Å². The Balaban J connectivity index is 2.20. The second-order valence-corrected chi connectivity index (χ2v) is 4.25. The van der Waals surface area contributed by atoms with Crippen molar-refractivity contribution >= 4 is 11.6 Å². The molecule has 0 bridgehead atoms. The highest BCUT2D eigenvalue weighted by molar-refractivity contribution is 6.32. The highest BCUT2D eigenvalue weighted by atomic mass is 35.5. The fraction of sp³-hybridized carbons (Fsp3) is 0.500. The Bertz CT molecular complexity index is 334. The Morgan fingerprint density at radius 2 is 2.07 bits per heavy atom. The molecule has 1 aromatic carbocycles. The monoisotopic (exact) mass is 224 g/mol. The van der Waals surface area contributed by atoms with E-state index in [2.05, 4.69) is 17.4 Å². The smallest absolute Gasteiger partial charge is 0.137 e. The molecule has 1 saturated heterocycles. The van der Waals surface area contributed by atoms with Crippen LogP contribution in [0.25, 0.3) is 0 Å². The van der Waals surface area contributed by atoms with Crippen LogP contribution >= 0.6 is 11.6 Å². The average molecular weight is 225 g/mol. The van der Waals surface area contributed by atoms with E-state index < -0.39 is 0 Å². The van der Waals surface area contributed by atoms with Gasteiger partial charge in [-0.3, -0.25) is 0 Å². The lowest BCUT2D eigenvalue weighted by Gasteiger charge is -2.22. The number of methoxy groups -OCH3 is 1. The van der Waals surface area contributed by atoms with Gasteiger partial charge in [0.05, 0.1) is 12.1 Å². The number of ether oxygens (including phenoxy) is 1. The molecule has 1 aliphatic heterocycles. The maximum Gasteiger partial charge on any atom is 0.137 e. The summed E-state index contributed by atoms with van der Waals surface area (Å²) in [5.41, 5.74) is 1.33. The number of rotatable bonds is 2. The first-order valence-corrected chi connectivity index (χ1v) is 5.65. The maximum atomic E-state index is 5.99. The summed E-state index contributed by atoms with van der Waals surface area (Å²) in [6.07, 6.45) is 2.29. The molecule has 0 aromatic heterocycles. The molecule has 0 amide bonds. The van der Waals surface area contributed by atoms with Crippen LogP contribution in [-0.4, -0.2) is 20.2 Å². The maximum absolute atomic E-state index is 5.99. The van der Waals surface area contributed by atoms with E-state index in [0.717, 1.165) is 31.7 Å². The number of hydrogen-bond donors (Lipinski definition) is 0. The molecule has 1 radical (unpaired) electrons. The molecule has 0 unspecified atom stereocenters. The van der Waals surface area contributed by atoms with Crippen LogP contribution < -0.4 is 10.1 Å². The van der Waals surface area contributed by atoms with Gasteiger partial charge in [-0.1, -0.05) is 17.7 Å². The van der Waals surface area contributed by atoms with Crippen molar-refractivity contribution < 1.29 is 4.74 Å². The predicted molar refractivity (Wildman–Crippen MR) is 61.8 cm³/mol. The molecule has 1 fully saturated rings. The van der Waals surface area contributed by atoms with Crippen LogP contribution in [0.1, 0.15) is 24.3 Å². The Morgan fingerprint density at radius 1 is 1.33 bits per heavy atom. The minimum atomic E-state index is 0.619. The summed E-state index contributed by atoms with van der Waals surface area (Å²) in [7, 11) is 1.65. The fourth-order valence-corrected chi connectivity index (χ4v) is 2.21. The molecule has 2 rings (SSSR count). The molecule has 15 heavy (non-hydrogen) atoms. The zero-order valence-corrected chi connectivity index (χ0v) is 9.63. The van der Waals surface area contributed by atoms with Crippen molar-refractivity contribution in [2.45, 2.75) is 18.8 Å². The highest BCUT2D eigenvalue weighted by Crippen LogP contribution is 2.32. The van der Waals surface area contributed by atoms with E-state index >= 15 is 0 Å². The number of halogens is 1. The quantitative estimate of drug-likeness (QED) is 0.758. The molecule has 1 aliphatic rings. The van der Waals surface area contributed by atoms with Crippen LogP contribution in [0, 0.1) is 0 Å². The van der Waals surface area contributed by atoms with Crippen molar-refractivity contribution in [1.29, 1.82) is 0 Å². The van der Waals surface area contributed by atoms with E-state index in [1.54, 1.807) is 7.11 Å². The largest absolute Gasteiger partial charge is 0.495 e. The predicted octanol–water partition coefficient (Wildman–Crippen LogP) is 2.83. The van der Waals surface area contributed by atoms with Crippen molar-refractivity contribution in [3.05, 3.63) is 28.8 Å². The summed E-state index contributed by atoms with van der Waals surface area (Å²) < 4.78 is 5.22. The first kappa shape index (κ1) is 10.8. The van der Waals surface area contributed by atoms with Crippen LogP contribution in [0.3, 0.4) is 0 Å². The summed E-state index contributed by atoms with van der Waals surface area (Å²) in [5.74, 6) is 1.39. The van der Waals surface area contributed by atoms with E-state index in [1.807, 2.05) is 6.07 Å². The molecule has 81 valence electrons. The molecule has 3 heteroatoms. The van der Waals surface area contributed by atoms with Gasteiger partial charge in [0, 0.05) is 13.1 Å². The third-order valence-electron chi connectivity index (χ3n) is 2.92. The van der Waals surface area contributed by atoms with Gasteiger partial charge in [0.2, 0.25) is 0 Å². The lowest BCUT2D eigenvalue weighted by molar-refractivity contribution is 0.411. The summed E-state index contributed by atoms with van der Waals surface area (Å²) >= 11 is 5.99. The zero-order valence-electron chi connectivity index (χ0n) is 8.87. The Kier molecular flexibility index (Phi) is 3.49. The molecule has 0 saturated carbocycles. The number of nitrogens with zero attached hydrogens (tertiary/aromatic N) is 1. The molecule has 0 atom stereocenters. The standard InChI is InChI=1S/C12H15ClNO/c1-15-12-8-10(2-3-11(12)13)9-4-6-14-7-5-9/h2-3,8-9H,4-7H2,1H3. The van der Waals surface area contributed by atoms with Crippen molar-refractivity contribution in [3.63, 3.8) is 0 Å². The Hall–Kier alpha value is -0.730. The Labute approximate surface area is 95.6 Å². The van der Waals surface area contributed by atoms with Gasteiger partial charge in [0.15, 0.2) is 0 Å². The normalized spacial score (nSPS) is 17.7. The fourth-order valence-electron chi connectivity index (χ4n) is 2.01. The van der Waals surface area contributed by atoms with E-state index in [1.165, 1.54) is 5.56 Å². The second-order valence-electron chi connectivity index (χ2n) is 3.84. The topological polar surface area (TPSA) is 23.3 Å². The van der Waals surface area contributed by atoms with Gasteiger partial charge >= 0.3 is 0 Å². The SMILES string of the molecule is COc1cc(C2CC[N]CC2)ccc1Cl. The van der Waals surface area contributed by atoms with E-state index in [4.69, 9.17) is 16.3 Å². The molecule has 0 N–H and O–H groups in total. The molecule has 0 spiro atoms. The molecule has 0 aliphatic carbocycles. The van der Waals surface area contributed by atoms with E-state index in [9.17, 15) is 0 Å². The highest BCUT2D eigenvalue weighted by Gasteiger charge is 2.16. The molecule has 1 aromatic rings. The van der Waals surface area contributed by atoms with Gasteiger partial charge in [0.1, 0.15) is 5.75 Å². The van der Waals surface area contributed by atoms with Gasteiger partial charge in [-0.15, -0.1) is 0 Å². The van der Waals surface area contributed by atoms with Gasteiger partial charge in [0.25, 0.3) is 0 Å². The van der Waals surface area contributed by atoms with Gasteiger partial charge < -0.3 is 4.74 Å². The second kappa shape index (κ2) is 4.86. The van der Waals surface area contributed by atoms with Gasteiger partial charge in [-0.05, 0) is 36.5 Å². The summed E-state index contributed by atoms with van der Waals surface area (Å²) in [5, 5.41) is 5.04. The molecular formula is C12H15ClNO. The first-order chi connectivity index (χ1) is 7.31. The van der Waals surface area contributed by atoms with Crippen molar-refractivity contribution in [2.75, 3.05) is 20.2 Å². The minimum absolute atomic E-state index is 0.619. The van der Waals surface area contributed by atoms with Gasteiger partial charge in [-0.2, -0.15) is 0 Å². The van der Waals surface area contributed by atoms with Crippen LogP contribution in [-0.2, 0) is 0 Å². The van der Waals surface area contributed by atoms with Crippen molar-refractivity contribution in [2.24, 2.45) is 0 Å². The van der Waals surface area contributed by atoms with Crippen molar-refractivity contribution in [3.8, 4) is 5.75 Å². The van der Waals surface area contributed by atoms with Gasteiger partial charge in [-0.25, -0.2) is 5.32 Å². The summed E-state index contributed by atoms with van der Waals surface area (Å²) in [6.45, 7) is 1.96. The van der Waals surface area contributed by atoms with Crippen LogP contribution in [0.4, 0.5) is 0 Å². The van der Waals surface area contributed by atoms with Crippen LogP contribution in [0.5, 0.6) is 5.75 Å². The third-order valence-corrected chi connectivity index (χ3v) is 3.23. The third kappa shape index (κ3) is 2.44. The average Bonchev–Trinajstić information content (AvgIpc) is 2.31. The zero-order chi connectivity index (χ0) is 10.7. The summed E-state index contributed by atoms with van der Waals surface area (Å²) in [6, 6.07) is 6.07. The number of hydrogen-bond acceptors (Lipinski definition) is 1. The lowest BCUT2D eigenvalue weighted by atomic mass is 9.90. The lowest BCUT2D eigenvalue weighted by Crippen LogP contribution is -2.20. The first-order valence-electron chi connectivity index (χ1n) is 5.28. The van der Waals surface area contributed by atoms with Crippen LogP contribution in [0.2, 0.25) is 5.02 Å². The Morgan fingerprint density at radius 3 is 2.73 bits per heavy atom. The van der Waals surface area contributed by atoms with Crippen LogP contribution in [0.15, 0.2) is 18.2 Å². The number of piperidine rings is 1. The van der Waals surface area contributed by atoms with E-state index in [-0.39, 0.29) is 0 Å². The molecule has 1 heterocycles. The molecular weight excluding hydrogens is 210 g/mol. The number of benzene rings is 1. The summed E-state index contributed by atoms with van der Waals surface area (Å²) in [4.78, 5) is 0. The molecule has 2 nitrogen and oxygen atoms in total.